The third-order valence-electron chi connectivity index (χ3n) is 3.50. The normalized spacial score (nSPS) is 13.2. The highest BCUT2D eigenvalue weighted by atomic mass is 19.4. The van der Waals surface area contributed by atoms with Gasteiger partial charge in [0.1, 0.15) is 5.82 Å². The number of benzene rings is 1. The van der Waals surface area contributed by atoms with E-state index in [0.717, 1.165) is 6.07 Å². The van der Waals surface area contributed by atoms with Crippen molar-refractivity contribution in [3.8, 4) is 11.5 Å². The third-order valence-corrected chi connectivity index (χ3v) is 3.50. The summed E-state index contributed by atoms with van der Waals surface area (Å²) in [7, 11) is 3.72. The summed E-state index contributed by atoms with van der Waals surface area (Å²) in [6.07, 6.45) is -4.58. The number of rotatable bonds is 6. The van der Waals surface area contributed by atoms with Crippen LogP contribution in [0.3, 0.4) is 0 Å². The fourth-order valence-electron chi connectivity index (χ4n) is 2.25. The van der Waals surface area contributed by atoms with E-state index in [4.69, 9.17) is 9.47 Å². The van der Waals surface area contributed by atoms with Gasteiger partial charge in [-0.1, -0.05) is 0 Å². The van der Waals surface area contributed by atoms with Crippen LogP contribution in [0.1, 0.15) is 5.69 Å². The van der Waals surface area contributed by atoms with E-state index in [9.17, 15) is 13.2 Å². The maximum absolute atomic E-state index is 13.1. The molecule has 1 aromatic carbocycles. The summed E-state index contributed by atoms with van der Waals surface area (Å²) in [5.41, 5.74) is -0.497. The molecule has 0 saturated carbocycles. The monoisotopic (exact) mass is 369 g/mol. The number of likely N-dealkylation sites (N-methyl/N-ethyl adjacent to an activating group) is 1. The van der Waals surface area contributed by atoms with Crippen molar-refractivity contribution >= 4 is 17.5 Å². The Kier molecular flexibility index (Phi) is 5.03. The van der Waals surface area contributed by atoms with Gasteiger partial charge in [0.2, 0.25) is 12.7 Å². The van der Waals surface area contributed by atoms with E-state index < -0.39 is 11.9 Å². The number of anilines is 3. The Hall–Kier alpha value is -2.75. The molecule has 0 amide bonds. The largest absolute Gasteiger partial charge is 0.454 e. The molecule has 1 aromatic heterocycles. The molecule has 0 bridgehead atoms. The summed E-state index contributed by atoms with van der Waals surface area (Å²) in [5, 5.41) is 5.66. The van der Waals surface area contributed by atoms with Crippen molar-refractivity contribution < 1.29 is 22.6 Å². The molecule has 0 unspecified atom stereocenters. The first kappa shape index (κ1) is 18.1. The fourth-order valence-corrected chi connectivity index (χ4v) is 2.25. The number of alkyl halides is 3. The van der Waals surface area contributed by atoms with Crippen molar-refractivity contribution in [2.75, 3.05) is 44.6 Å². The first-order valence-electron chi connectivity index (χ1n) is 7.83. The van der Waals surface area contributed by atoms with Gasteiger partial charge in [-0.25, -0.2) is 4.98 Å². The zero-order chi connectivity index (χ0) is 18.7. The molecular weight excluding hydrogens is 351 g/mol. The lowest BCUT2D eigenvalue weighted by molar-refractivity contribution is -0.141. The molecule has 7 nitrogen and oxygen atoms in total. The number of hydrogen-bond donors (Lipinski definition) is 2. The number of hydrogen-bond acceptors (Lipinski definition) is 7. The smallest absolute Gasteiger partial charge is 0.433 e. The Morgan fingerprint density at radius 1 is 1.12 bits per heavy atom. The topological polar surface area (TPSA) is 71.5 Å². The minimum Gasteiger partial charge on any atom is -0.454 e. The molecule has 1 aliphatic heterocycles. The van der Waals surface area contributed by atoms with Gasteiger partial charge in [0, 0.05) is 30.9 Å². The lowest BCUT2D eigenvalue weighted by Crippen LogP contribution is -2.22. The zero-order valence-corrected chi connectivity index (χ0v) is 14.2. The van der Waals surface area contributed by atoms with Gasteiger partial charge in [-0.3, -0.25) is 0 Å². The van der Waals surface area contributed by atoms with Crippen molar-refractivity contribution in [2.24, 2.45) is 0 Å². The van der Waals surface area contributed by atoms with E-state index >= 15 is 0 Å². The lowest BCUT2D eigenvalue weighted by atomic mass is 10.2. The molecule has 2 N–H and O–H groups in total. The van der Waals surface area contributed by atoms with Crippen LogP contribution in [0.5, 0.6) is 11.5 Å². The molecule has 0 fully saturated rings. The summed E-state index contributed by atoms with van der Waals surface area (Å²) >= 11 is 0. The minimum absolute atomic E-state index is 0.0264. The van der Waals surface area contributed by atoms with Crippen LogP contribution in [0.4, 0.5) is 30.6 Å². The Balaban J connectivity index is 1.82. The zero-order valence-electron chi connectivity index (χ0n) is 14.2. The van der Waals surface area contributed by atoms with Crippen LogP contribution in [-0.4, -0.2) is 48.8 Å². The van der Waals surface area contributed by atoms with Crippen LogP contribution in [0, 0.1) is 0 Å². The Morgan fingerprint density at radius 2 is 1.88 bits per heavy atom. The van der Waals surface area contributed by atoms with Crippen molar-refractivity contribution in [3.63, 3.8) is 0 Å². The third kappa shape index (κ3) is 4.45. The molecule has 26 heavy (non-hydrogen) atoms. The van der Waals surface area contributed by atoms with Crippen LogP contribution < -0.4 is 20.1 Å². The predicted octanol–water partition coefficient (Wildman–Crippen LogP) is 2.94. The van der Waals surface area contributed by atoms with Crippen LogP contribution >= 0.6 is 0 Å². The highest BCUT2D eigenvalue weighted by Crippen LogP contribution is 2.35. The van der Waals surface area contributed by atoms with Crippen molar-refractivity contribution in [1.29, 1.82) is 0 Å². The van der Waals surface area contributed by atoms with Gasteiger partial charge in [0.15, 0.2) is 17.2 Å². The molecule has 0 aliphatic carbocycles. The SMILES string of the molecule is CN(C)CCNc1nc(Nc2ccc3c(c2)OCO3)cc(C(F)(F)F)n1. The number of ether oxygens (including phenoxy) is 2. The van der Waals surface area contributed by atoms with Crippen LogP contribution in [0.15, 0.2) is 24.3 Å². The maximum atomic E-state index is 13.1. The molecular formula is C16H18F3N5O2. The van der Waals surface area contributed by atoms with Crippen LogP contribution in [-0.2, 0) is 6.18 Å². The molecule has 0 spiro atoms. The Morgan fingerprint density at radius 3 is 2.62 bits per heavy atom. The summed E-state index contributed by atoms with van der Waals surface area (Å²) in [5.74, 6) is 1.04. The molecule has 1 aliphatic rings. The number of halogens is 3. The minimum atomic E-state index is -4.58. The summed E-state index contributed by atoms with van der Waals surface area (Å²) in [6, 6.07) is 5.84. The highest BCUT2D eigenvalue weighted by Gasteiger charge is 2.33. The second-order valence-corrected chi connectivity index (χ2v) is 5.88. The summed E-state index contributed by atoms with van der Waals surface area (Å²) in [4.78, 5) is 9.55. The van der Waals surface area contributed by atoms with E-state index in [1.165, 1.54) is 0 Å². The number of nitrogens with one attached hydrogen (secondary N) is 2. The van der Waals surface area contributed by atoms with Gasteiger partial charge in [-0.2, -0.15) is 18.2 Å². The second kappa shape index (κ2) is 7.24. The maximum Gasteiger partial charge on any atom is 0.433 e. The standard InChI is InChI=1S/C16H18F3N5O2/c1-24(2)6-5-20-15-22-13(16(17,18)19)8-14(23-15)21-10-3-4-11-12(7-10)26-9-25-11/h3-4,7-8H,5-6,9H2,1-2H3,(H2,20,21,22,23). The summed E-state index contributed by atoms with van der Waals surface area (Å²) < 4.78 is 49.9. The van der Waals surface area contributed by atoms with Gasteiger partial charge in [0.05, 0.1) is 0 Å². The molecule has 0 atom stereocenters. The summed E-state index contributed by atoms with van der Waals surface area (Å²) in [6.45, 7) is 1.16. The van der Waals surface area contributed by atoms with E-state index in [0.29, 0.717) is 30.3 Å². The lowest BCUT2D eigenvalue weighted by Gasteiger charge is -2.14. The second-order valence-electron chi connectivity index (χ2n) is 5.88. The quantitative estimate of drug-likeness (QED) is 0.811. The van der Waals surface area contributed by atoms with E-state index in [1.54, 1.807) is 18.2 Å². The average molecular weight is 369 g/mol. The highest BCUT2D eigenvalue weighted by molar-refractivity contribution is 5.62. The Labute approximate surface area is 148 Å². The predicted molar refractivity (Wildman–Crippen MR) is 89.9 cm³/mol. The van der Waals surface area contributed by atoms with Crippen LogP contribution in [0.2, 0.25) is 0 Å². The first-order chi connectivity index (χ1) is 12.3. The molecule has 10 heteroatoms. The van der Waals surface area contributed by atoms with Gasteiger partial charge >= 0.3 is 6.18 Å². The van der Waals surface area contributed by atoms with E-state index in [-0.39, 0.29) is 18.6 Å². The van der Waals surface area contributed by atoms with Gasteiger partial charge in [-0.05, 0) is 26.2 Å². The molecule has 2 heterocycles. The van der Waals surface area contributed by atoms with Gasteiger partial charge in [-0.15, -0.1) is 0 Å². The molecule has 3 rings (SSSR count). The first-order valence-corrected chi connectivity index (χ1v) is 7.83. The Bertz CT molecular complexity index is 783. The number of nitrogens with zero attached hydrogens (tertiary/aromatic N) is 3. The van der Waals surface area contributed by atoms with Gasteiger partial charge < -0.3 is 25.0 Å². The van der Waals surface area contributed by atoms with Crippen molar-refractivity contribution in [3.05, 3.63) is 30.0 Å². The number of aromatic nitrogens is 2. The fraction of sp³-hybridized carbons (Fsp3) is 0.375. The van der Waals surface area contributed by atoms with Crippen LogP contribution in [0.25, 0.3) is 0 Å². The molecule has 140 valence electrons. The number of fused-ring (bicyclic) bond motifs is 1. The van der Waals surface area contributed by atoms with Crippen molar-refractivity contribution in [1.82, 2.24) is 14.9 Å². The molecule has 0 radical (unpaired) electrons. The van der Waals surface area contributed by atoms with Crippen molar-refractivity contribution in [2.45, 2.75) is 6.18 Å². The molecule has 0 saturated heterocycles. The molecule has 2 aromatic rings. The van der Waals surface area contributed by atoms with E-state index in [2.05, 4.69) is 20.6 Å². The van der Waals surface area contributed by atoms with E-state index in [1.807, 2.05) is 19.0 Å². The average Bonchev–Trinajstić information content (AvgIpc) is 3.01. The van der Waals surface area contributed by atoms with Gasteiger partial charge in [0.25, 0.3) is 0 Å².